The predicted molar refractivity (Wildman–Crippen MR) is 86.7 cm³/mol. The van der Waals surface area contributed by atoms with Crippen LogP contribution in [0, 0.1) is 5.82 Å². The number of halogens is 2. The third-order valence-corrected chi connectivity index (χ3v) is 7.00. The molecule has 0 amide bonds. The molecule has 122 valence electrons. The molecule has 1 aromatic carbocycles. The average molecular weight is 391 g/mol. The van der Waals surface area contributed by atoms with Gasteiger partial charge in [-0.15, -0.1) is 0 Å². The van der Waals surface area contributed by atoms with Crippen molar-refractivity contribution in [1.82, 2.24) is 9.21 Å². The molecular weight excluding hydrogens is 371 g/mol. The Morgan fingerprint density at radius 1 is 1.09 bits per heavy atom. The van der Waals surface area contributed by atoms with Gasteiger partial charge in [0.15, 0.2) is 0 Å². The summed E-state index contributed by atoms with van der Waals surface area (Å²) >= 11 is 3.21. The van der Waals surface area contributed by atoms with Gasteiger partial charge in [-0.25, -0.2) is 12.8 Å². The Labute approximate surface area is 139 Å². The minimum absolute atomic E-state index is 0.235. The molecule has 0 bridgehead atoms. The molecule has 0 N–H and O–H groups in total. The lowest BCUT2D eigenvalue weighted by molar-refractivity contribution is 0.167. The van der Waals surface area contributed by atoms with Gasteiger partial charge < -0.3 is 4.90 Å². The molecule has 0 unspecified atom stereocenters. The first-order valence-electron chi connectivity index (χ1n) is 7.68. The molecule has 0 saturated carbocycles. The maximum absolute atomic E-state index is 13.9. The smallest absolute Gasteiger partial charge is 0.246 e. The van der Waals surface area contributed by atoms with Crippen molar-refractivity contribution in [2.24, 2.45) is 0 Å². The summed E-state index contributed by atoms with van der Waals surface area (Å²) in [6, 6.07) is 4.51. The number of likely N-dealkylation sites (tertiary alicyclic amines) is 1. The molecule has 0 aromatic heterocycles. The summed E-state index contributed by atoms with van der Waals surface area (Å²) in [5.41, 5.74) is 0. The van der Waals surface area contributed by atoms with Gasteiger partial charge in [0.2, 0.25) is 10.0 Å². The second-order valence-corrected chi connectivity index (χ2v) is 8.78. The quantitative estimate of drug-likeness (QED) is 0.796. The Kier molecular flexibility index (Phi) is 4.87. The molecule has 0 spiro atoms. The number of benzene rings is 1. The number of sulfonamides is 1. The van der Waals surface area contributed by atoms with Crippen LogP contribution in [0.2, 0.25) is 0 Å². The van der Waals surface area contributed by atoms with Crippen LogP contribution in [0.15, 0.2) is 27.6 Å². The molecule has 2 fully saturated rings. The van der Waals surface area contributed by atoms with Crippen molar-refractivity contribution >= 4 is 26.0 Å². The zero-order valence-electron chi connectivity index (χ0n) is 12.3. The van der Waals surface area contributed by atoms with E-state index in [0.717, 1.165) is 25.9 Å². The summed E-state index contributed by atoms with van der Waals surface area (Å²) in [6.45, 7) is 3.18. The molecule has 4 nitrogen and oxygen atoms in total. The molecule has 0 aliphatic carbocycles. The maximum atomic E-state index is 13.9. The maximum Gasteiger partial charge on any atom is 0.246 e. The normalized spacial score (nSPS) is 22.3. The number of nitrogens with zero attached hydrogens (tertiary/aromatic N) is 2. The highest BCUT2D eigenvalue weighted by molar-refractivity contribution is 9.10. The second kappa shape index (κ2) is 6.55. The third-order valence-electron chi connectivity index (χ3n) is 4.59. The van der Waals surface area contributed by atoms with Gasteiger partial charge in [-0.05, 0) is 57.0 Å². The van der Waals surface area contributed by atoms with E-state index in [0.29, 0.717) is 23.6 Å². The summed E-state index contributed by atoms with van der Waals surface area (Å²) in [5.74, 6) is -0.690. The van der Waals surface area contributed by atoms with E-state index >= 15 is 0 Å². The molecule has 3 rings (SSSR count). The number of rotatable bonds is 3. The molecule has 2 heterocycles. The largest absolute Gasteiger partial charge is 0.300 e. The van der Waals surface area contributed by atoms with Crippen LogP contribution < -0.4 is 0 Å². The van der Waals surface area contributed by atoms with Gasteiger partial charge in [0, 0.05) is 23.6 Å². The molecular formula is C15H20BrFN2O2S. The highest BCUT2D eigenvalue weighted by atomic mass is 79.9. The van der Waals surface area contributed by atoms with Gasteiger partial charge in [-0.3, -0.25) is 0 Å². The van der Waals surface area contributed by atoms with E-state index in [4.69, 9.17) is 0 Å². The molecule has 2 aliphatic heterocycles. The minimum atomic E-state index is -3.75. The minimum Gasteiger partial charge on any atom is -0.300 e. The fourth-order valence-corrected chi connectivity index (χ4v) is 5.44. The van der Waals surface area contributed by atoms with Crippen LogP contribution in [0.1, 0.15) is 25.7 Å². The van der Waals surface area contributed by atoms with Gasteiger partial charge in [0.25, 0.3) is 0 Å². The lowest BCUT2D eigenvalue weighted by Crippen LogP contribution is -2.45. The van der Waals surface area contributed by atoms with Crippen molar-refractivity contribution < 1.29 is 12.8 Å². The molecule has 0 radical (unpaired) electrons. The topological polar surface area (TPSA) is 40.6 Å². The molecule has 0 atom stereocenters. The number of hydrogen-bond donors (Lipinski definition) is 0. The van der Waals surface area contributed by atoms with Gasteiger partial charge in [-0.1, -0.05) is 15.9 Å². The van der Waals surface area contributed by atoms with Crippen LogP contribution in [-0.2, 0) is 10.0 Å². The van der Waals surface area contributed by atoms with Crippen molar-refractivity contribution in [2.75, 3.05) is 26.2 Å². The van der Waals surface area contributed by atoms with E-state index in [1.165, 1.54) is 35.3 Å². The van der Waals surface area contributed by atoms with Gasteiger partial charge >= 0.3 is 0 Å². The average Bonchev–Trinajstić information content (AvgIpc) is 3.04. The van der Waals surface area contributed by atoms with E-state index in [1.807, 2.05) is 0 Å². The molecule has 7 heteroatoms. The Balaban J connectivity index is 1.73. The fraction of sp³-hybridized carbons (Fsp3) is 0.600. The van der Waals surface area contributed by atoms with E-state index in [9.17, 15) is 12.8 Å². The summed E-state index contributed by atoms with van der Waals surface area (Å²) in [5, 5.41) is 0. The van der Waals surface area contributed by atoms with Crippen molar-refractivity contribution in [1.29, 1.82) is 0 Å². The lowest BCUT2D eigenvalue weighted by Gasteiger charge is -2.36. The highest BCUT2D eigenvalue weighted by Gasteiger charge is 2.33. The van der Waals surface area contributed by atoms with Crippen molar-refractivity contribution in [2.45, 2.75) is 36.6 Å². The van der Waals surface area contributed by atoms with Crippen LogP contribution in [0.4, 0.5) is 4.39 Å². The zero-order chi connectivity index (χ0) is 15.7. The van der Waals surface area contributed by atoms with E-state index in [1.54, 1.807) is 0 Å². The van der Waals surface area contributed by atoms with Gasteiger partial charge in [0.05, 0.1) is 0 Å². The van der Waals surface area contributed by atoms with E-state index in [2.05, 4.69) is 20.8 Å². The summed E-state index contributed by atoms with van der Waals surface area (Å²) < 4.78 is 41.2. The first-order chi connectivity index (χ1) is 10.5. The first kappa shape index (κ1) is 16.4. The van der Waals surface area contributed by atoms with Crippen LogP contribution in [0.25, 0.3) is 0 Å². The van der Waals surface area contributed by atoms with Crippen LogP contribution in [0.3, 0.4) is 0 Å². The Morgan fingerprint density at radius 3 is 2.36 bits per heavy atom. The Morgan fingerprint density at radius 2 is 1.73 bits per heavy atom. The SMILES string of the molecule is O=S(=O)(c1cc(Br)ccc1F)N1CCC(N2CCCC2)CC1. The van der Waals surface area contributed by atoms with Gasteiger partial charge in [0.1, 0.15) is 10.7 Å². The van der Waals surface area contributed by atoms with Crippen LogP contribution in [-0.4, -0.2) is 49.8 Å². The predicted octanol–water partition coefficient (Wildman–Crippen LogP) is 2.84. The monoisotopic (exact) mass is 390 g/mol. The lowest BCUT2D eigenvalue weighted by atomic mass is 10.1. The van der Waals surface area contributed by atoms with Crippen molar-refractivity contribution in [3.05, 3.63) is 28.5 Å². The van der Waals surface area contributed by atoms with Crippen LogP contribution in [0.5, 0.6) is 0 Å². The fourth-order valence-electron chi connectivity index (χ4n) is 3.37. The zero-order valence-corrected chi connectivity index (χ0v) is 14.7. The molecule has 22 heavy (non-hydrogen) atoms. The summed E-state index contributed by atoms with van der Waals surface area (Å²) in [7, 11) is -3.75. The Hall–Kier alpha value is -0.500. The third kappa shape index (κ3) is 3.22. The van der Waals surface area contributed by atoms with E-state index in [-0.39, 0.29) is 4.90 Å². The van der Waals surface area contributed by atoms with Crippen LogP contribution >= 0.6 is 15.9 Å². The Bertz CT molecular complexity index is 639. The standard InChI is InChI=1S/C15H20BrFN2O2S/c16-12-3-4-14(17)15(11-12)22(20,21)19-9-5-13(6-10-19)18-7-1-2-8-18/h3-4,11,13H,1-2,5-10H2. The van der Waals surface area contributed by atoms with Crippen molar-refractivity contribution in [3.63, 3.8) is 0 Å². The molecule has 1 aromatic rings. The number of hydrogen-bond acceptors (Lipinski definition) is 3. The highest BCUT2D eigenvalue weighted by Crippen LogP contribution is 2.27. The van der Waals surface area contributed by atoms with E-state index < -0.39 is 15.8 Å². The van der Waals surface area contributed by atoms with Crippen molar-refractivity contribution in [3.8, 4) is 0 Å². The summed E-state index contributed by atoms with van der Waals surface area (Å²) in [4.78, 5) is 2.23. The summed E-state index contributed by atoms with van der Waals surface area (Å²) in [6.07, 6.45) is 4.13. The molecule has 2 aliphatic rings. The first-order valence-corrected chi connectivity index (χ1v) is 9.91. The van der Waals surface area contributed by atoms with Gasteiger partial charge in [-0.2, -0.15) is 4.31 Å². The number of piperidine rings is 1. The second-order valence-electron chi connectivity index (χ2n) is 5.95. The molecule has 2 saturated heterocycles.